The zero-order chi connectivity index (χ0) is 16.3. The lowest BCUT2D eigenvalue weighted by molar-refractivity contribution is -0.140. The first-order valence-electron chi connectivity index (χ1n) is 6.61. The monoisotopic (exact) mass is 322 g/mol. The summed E-state index contributed by atoms with van der Waals surface area (Å²) in [5.74, 6) is -1.94. The number of aromatic nitrogens is 3. The smallest absolute Gasteiger partial charge is 0.326 e. The van der Waals surface area contributed by atoms with E-state index in [9.17, 15) is 9.59 Å². The van der Waals surface area contributed by atoms with Crippen molar-refractivity contribution in [2.24, 2.45) is 5.92 Å². The van der Waals surface area contributed by atoms with Crippen molar-refractivity contribution in [3.05, 3.63) is 41.2 Å². The molecular formula is C14H15ClN4O3. The SMILES string of the molecule is CC(C)C(NC(=O)c1cn(-c2ccccc2Cl)nn1)C(=O)O. The van der Waals surface area contributed by atoms with Gasteiger partial charge in [-0.3, -0.25) is 4.79 Å². The molecule has 1 atom stereocenters. The highest BCUT2D eigenvalue weighted by molar-refractivity contribution is 6.32. The number of carbonyl (C=O) groups excluding carboxylic acids is 1. The van der Waals surface area contributed by atoms with Crippen LogP contribution in [0.5, 0.6) is 0 Å². The number of carboxylic acid groups (broad SMARTS) is 1. The van der Waals surface area contributed by atoms with Gasteiger partial charge >= 0.3 is 5.97 Å². The second kappa shape index (κ2) is 6.57. The van der Waals surface area contributed by atoms with E-state index >= 15 is 0 Å². The second-order valence-corrected chi connectivity index (χ2v) is 5.44. The number of amides is 1. The highest BCUT2D eigenvalue weighted by Gasteiger charge is 2.25. The number of para-hydroxylation sites is 1. The van der Waals surface area contributed by atoms with Gasteiger partial charge < -0.3 is 10.4 Å². The minimum Gasteiger partial charge on any atom is -0.480 e. The number of carboxylic acids is 1. The van der Waals surface area contributed by atoms with Gasteiger partial charge in [0.25, 0.3) is 5.91 Å². The van der Waals surface area contributed by atoms with Gasteiger partial charge in [0.05, 0.1) is 16.9 Å². The van der Waals surface area contributed by atoms with Crippen molar-refractivity contribution in [3.8, 4) is 5.69 Å². The van der Waals surface area contributed by atoms with Crippen LogP contribution >= 0.6 is 11.6 Å². The zero-order valence-electron chi connectivity index (χ0n) is 12.0. The van der Waals surface area contributed by atoms with Gasteiger partial charge in [0.15, 0.2) is 5.69 Å². The minimum absolute atomic E-state index is 0.0202. The third-order valence-corrected chi connectivity index (χ3v) is 3.36. The maximum atomic E-state index is 12.1. The molecule has 1 unspecified atom stereocenters. The second-order valence-electron chi connectivity index (χ2n) is 5.03. The normalized spacial score (nSPS) is 12.2. The average molecular weight is 323 g/mol. The Bertz CT molecular complexity index is 699. The predicted molar refractivity (Wildman–Crippen MR) is 80.1 cm³/mol. The van der Waals surface area contributed by atoms with Crippen molar-refractivity contribution < 1.29 is 14.7 Å². The lowest BCUT2D eigenvalue weighted by atomic mass is 10.0. The molecule has 22 heavy (non-hydrogen) atoms. The van der Waals surface area contributed by atoms with Crippen LogP contribution in [0.4, 0.5) is 0 Å². The molecule has 0 bridgehead atoms. The summed E-state index contributed by atoms with van der Waals surface area (Å²) in [5.41, 5.74) is 0.598. The molecule has 0 aliphatic heterocycles. The van der Waals surface area contributed by atoms with Crippen molar-refractivity contribution in [1.82, 2.24) is 20.3 Å². The van der Waals surface area contributed by atoms with Crippen LogP contribution < -0.4 is 5.32 Å². The summed E-state index contributed by atoms with van der Waals surface area (Å²) in [6.07, 6.45) is 1.40. The number of hydrogen-bond acceptors (Lipinski definition) is 4. The molecular weight excluding hydrogens is 308 g/mol. The van der Waals surface area contributed by atoms with Gasteiger partial charge in [0.1, 0.15) is 6.04 Å². The van der Waals surface area contributed by atoms with E-state index in [4.69, 9.17) is 16.7 Å². The Morgan fingerprint density at radius 1 is 1.32 bits per heavy atom. The summed E-state index contributed by atoms with van der Waals surface area (Å²) in [6, 6.07) is 5.99. The first-order chi connectivity index (χ1) is 10.4. The highest BCUT2D eigenvalue weighted by atomic mass is 35.5. The Kier molecular flexibility index (Phi) is 4.77. The van der Waals surface area contributed by atoms with E-state index in [-0.39, 0.29) is 11.6 Å². The number of rotatable bonds is 5. The molecule has 0 fully saturated rings. The zero-order valence-corrected chi connectivity index (χ0v) is 12.8. The fraction of sp³-hybridized carbons (Fsp3) is 0.286. The fourth-order valence-electron chi connectivity index (χ4n) is 1.85. The number of nitrogens with one attached hydrogen (secondary N) is 1. The largest absolute Gasteiger partial charge is 0.480 e. The van der Waals surface area contributed by atoms with E-state index < -0.39 is 17.9 Å². The summed E-state index contributed by atoms with van der Waals surface area (Å²) >= 11 is 6.05. The number of aliphatic carboxylic acids is 1. The Hall–Kier alpha value is -2.41. The third kappa shape index (κ3) is 3.43. The van der Waals surface area contributed by atoms with Gasteiger partial charge in [0.2, 0.25) is 0 Å². The molecule has 0 radical (unpaired) electrons. The number of carbonyl (C=O) groups is 2. The number of hydrogen-bond donors (Lipinski definition) is 2. The van der Waals surface area contributed by atoms with Crippen LogP contribution in [0.25, 0.3) is 5.69 Å². The van der Waals surface area contributed by atoms with Crippen molar-refractivity contribution in [2.75, 3.05) is 0 Å². The maximum Gasteiger partial charge on any atom is 0.326 e. The van der Waals surface area contributed by atoms with Crippen molar-refractivity contribution >= 4 is 23.5 Å². The predicted octanol–water partition coefficient (Wildman–Crippen LogP) is 1.76. The summed E-state index contributed by atoms with van der Waals surface area (Å²) in [6.45, 7) is 3.42. The standard InChI is InChI=1S/C14H15ClN4O3/c1-8(2)12(14(21)22)16-13(20)10-7-19(18-17-10)11-6-4-3-5-9(11)15/h3-8,12H,1-2H3,(H,16,20)(H,21,22). The van der Waals surface area contributed by atoms with Crippen LogP contribution in [-0.2, 0) is 4.79 Å². The van der Waals surface area contributed by atoms with E-state index in [2.05, 4.69) is 15.6 Å². The Balaban J connectivity index is 2.19. The van der Waals surface area contributed by atoms with Crippen LogP contribution in [0.1, 0.15) is 24.3 Å². The molecule has 0 aliphatic rings. The summed E-state index contributed by atoms with van der Waals surface area (Å²) in [5, 5.41) is 19.6. The van der Waals surface area contributed by atoms with E-state index in [1.807, 2.05) is 0 Å². The molecule has 0 saturated heterocycles. The summed E-state index contributed by atoms with van der Waals surface area (Å²) < 4.78 is 1.36. The average Bonchev–Trinajstić information content (AvgIpc) is 2.94. The molecule has 1 heterocycles. The fourth-order valence-corrected chi connectivity index (χ4v) is 2.07. The number of nitrogens with zero attached hydrogens (tertiary/aromatic N) is 3. The molecule has 7 nitrogen and oxygen atoms in total. The maximum absolute atomic E-state index is 12.1. The molecule has 0 spiro atoms. The van der Waals surface area contributed by atoms with Crippen molar-refractivity contribution in [3.63, 3.8) is 0 Å². The summed E-state index contributed by atoms with van der Waals surface area (Å²) in [4.78, 5) is 23.2. The van der Waals surface area contributed by atoms with Gasteiger partial charge in [0, 0.05) is 0 Å². The van der Waals surface area contributed by atoms with Gasteiger partial charge in [-0.15, -0.1) is 5.10 Å². The van der Waals surface area contributed by atoms with Crippen LogP contribution in [0.3, 0.4) is 0 Å². The third-order valence-electron chi connectivity index (χ3n) is 3.04. The molecule has 0 aliphatic carbocycles. The molecule has 8 heteroatoms. The molecule has 1 aromatic carbocycles. The van der Waals surface area contributed by atoms with Gasteiger partial charge in [-0.05, 0) is 18.1 Å². The van der Waals surface area contributed by atoms with Crippen LogP contribution in [-0.4, -0.2) is 38.0 Å². The van der Waals surface area contributed by atoms with E-state index in [0.29, 0.717) is 10.7 Å². The van der Waals surface area contributed by atoms with E-state index in [0.717, 1.165) is 0 Å². The van der Waals surface area contributed by atoms with Crippen molar-refractivity contribution in [1.29, 1.82) is 0 Å². The van der Waals surface area contributed by atoms with Crippen molar-refractivity contribution in [2.45, 2.75) is 19.9 Å². The first kappa shape index (κ1) is 16.0. The number of benzene rings is 1. The lowest BCUT2D eigenvalue weighted by Crippen LogP contribution is -2.44. The molecule has 2 rings (SSSR count). The van der Waals surface area contributed by atoms with Gasteiger partial charge in [-0.25, -0.2) is 9.48 Å². The molecule has 2 aromatic rings. The Morgan fingerprint density at radius 2 is 2.00 bits per heavy atom. The Morgan fingerprint density at radius 3 is 2.59 bits per heavy atom. The molecule has 2 N–H and O–H groups in total. The number of halogens is 1. The van der Waals surface area contributed by atoms with Gasteiger partial charge in [-0.1, -0.05) is 42.8 Å². The van der Waals surface area contributed by atoms with Gasteiger partial charge in [-0.2, -0.15) is 0 Å². The van der Waals surface area contributed by atoms with Crippen LogP contribution in [0, 0.1) is 5.92 Å². The quantitative estimate of drug-likeness (QED) is 0.874. The molecule has 116 valence electrons. The summed E-state index contributed by atoms with van der Waals surface area (Å²) in [7, 11) is 0. The lowest BCUT2D eigenvalue weighted by Gasteiger charge is -2.16. The molecule has 1 aromatic heterocycles. The van der Waals surface area contributed by atoms with E-state index in [1.165, 1.54) is 10.9 Å². The first-order valence-corrected chi connectivity index (χ1v) is 6.99. The van der Waals surface area contributed by atoms with E-state index in [1.54, 1.807) is 38.1 Å². The van der Waals surface area contributed by atoms with Crippen LogP contribution in [0.2, 0.25) is 5.02 Å². The molecule has 1 amide bonds. The Labute approximate surface area is 131 Å². The topological polar surface area (TPSA) is 97.1 Å². The van der Waals surface area contributed by atoms with Crippen LogP contribution in [0.15, 0.2) is 30.5 Å². The highest BCUT2D eigenvalue weighted by Crippen LogP contribution is 2.18. The molecule has 0 saturated carbocycles. The minimum atomic E-state index is -1.10.